The third-order valence-corrected chi connectivity index (χ3v) is 3.98. The quantitative estimate of drug-likeness (QED) is 0.857. The fourth-order valence-corrected chi connectivity index (χ4v) is 2.74. The average molecular weight is 266 g/mol. The van der Waals surface area contributed by atoms with Crippen molar-refractivity contribution in [2.75, 3.05) is 24.3 Å². The van der Waals surface area contributed by atoms with Crippen LogP contribution < -0.4 is 11.1 Å². The van der Waals surface area contributed by atoms with Gasteiger partial charge in [-0.2, -0.15) is 5.10 Å². The molecule has 0 aromatic carbocycles. The molecular weight excluding hydrogens is 240 g/mol. The fourth-order valence-electron chi connectivity index (χ4n) is 2.74. The molecule has 1 aliphatic heterocycles. The van der Waals surface area contributed by atoms with Gasteiger partial charge in [-0.1, -0.05) is 13.3 Å². The van der Waals surface area contributed by atoms with Crippen LogP contribution in [0.1, 0.15) is 38.8 Å². The highest BCUT2D eigenvalue weighted by Crippen LogP contribution is 2.27. The number of anilines is 2. The first-order chi connectivity index (χ1) is 9.13. The van der Waals surface area contributed by atoms with Crippen LogP contribution >= 0.6 is 0 Å². The SMILES string of the molecule is CCCc1nn(C)c(NC(C)C2CCOCC2)c1N. The molecule has 1 aliphatic rings. The van der Waals surface area contributed by atoms with Crippen molar-refractivity contribution in [1.29, 1.82) is 0 Å². The summed E-state index contributed by atoms with van der Waals surface area (Å²) < 4.78 is 7.28. The summed E-state index contributed by atoms with van der Waals surface area (Å²) >= 11 is 0. The molecule has 108 valence electrons. The Hall–Kier alpha value is -1.23. The molecule has 0 saturated carbocycles. The number of nitrogens with one attached hydrogen (secondary N) is 1. The van der Waals surface area contributed by atoms with Gasteiger partial charge in [0.2, 0.25) is 0 Å². The van der Waals surface area contributed by atoms with Gasteiger partial charge in [-0.25, -0.2) is 0 Å². The lowest BCUT2D eigenvalue weighted by Gasteiger charge is -2.29. The van der Waals surface area contributed by atoms with E-state index in [4.69, 9.17) is 10.5 Å². The molecule has 0 radical (unpaired) electrons. The number of hydrogen-bond acceptors (Lipinski definition) is 4. The number of aromatic nitrogens is 2. The minimum Gasteiger partial charge on any atom is -0.394 e. The Morgan fingerprint density at radius 3 is 2.79 bits per heavy atom. The van der Waals surface area contributed by atoms with E-state index in [1.807, 2.05) is 11.7 Å². The van der Waals surface area contributed by atoms with Crippen LogP contribution in [0.15, 0.2) is 0 Å². The van der Waals surface area contributed by atoms with Gasteiger partial charge in [-0.3, -0.25) is 4.68 Å². The monoisotopic (exact) mass is 266 g/mol. The molecule has 1 atom stereocenters. The van der Waals surface area contributed by atoms with Crippen molar-refractivity contribution >= 4 is 11.5 Å². The van der Waals surface area contributed by atoms with Crippen LogP contribution in [-0.4, -0.2) is 29.0 Å². The van der Waals surface area contributed by atoms with Crippen molar-refractivity contribution in [1.82, 2.24) is 9.78 Å². The number of nitrogens with zero attached hydrogens (tertiary/aromatic N) is 2. The maximum atomic E-state index is 6.20. The molecule has 1 aromatic heterocycles. The van der Waals surface area contributed by atoms with Gasteiger partial charge in [0, 0.05) is 26.3 Å². The molecule has 0 spiro atoms. The summed E-state index contributed by atoms with van der Waals surface area (Å²) in [6.45, 7) is 6.12. The largest absolute Gasteiger partial charge is 0.394 e. The van der Waals surface area contributed by atoms with Gasteiger partial charge in [0.1, 0.15) is 5.82 Å². The number of aryl methyl sites for hydroxylation is 2. The van der Waals surface area contributed by atoms with E-state index in [1.165, 1.54) is 0 Å². The summed E-state index contributed by atoms with van der Waals surface area (Å²) in [5.74, 6) is 1.61. The summed E-state index contributed by atoms with van der Waals surface area (Å²) in [5.41, 5.74) is 8.01. The molecule has 1 aromatic rings. The van der Waals surface area contributed by atoms with Gasteiger partial charge in [0.15, 0.2) is 0 Å². The van der Waals surface area contributed by atoms with E-state index in [0.29, 0.717) is 12.0 Å². The highest BCUT2D eigenvalue weighted by molar-refractivity contribution is 5.65. The van der Waals surface area contributed by atoms with E-state index in [-0.39, 0.29) is 0 Å². The third kappa shape index (κ3) is 3.21. The summed E-state index contributed by atoms with van der Waals surface area (Å²) in [4.78, 5) is 0. The number of rotatable bonds is 5. The first-order valence-corrected chi connectivity index (χ1v) is 7.29. The lowest BCUT2D eigenvalue weighted by molar-refractivity contribution is 0.0622. The summed E-state index contributed by atoms with van der Waals surface area (Å²) in [6.07, 6.45) is 4.24. The number of ether oxygens (including phenoxy) is 1. The smallest absolute Gasteiger partial charge is 0.147 e. The first-order valence-electron chi connectivity index (χ1n) is 7.29. The average Bonchev–Trinajstić information content (AvgIpc) is 2.68. The molecule has 0 bridgehead atoms. The zero-order chi connectivity index (χ0) is 13.8. The molecule has 0 amide bonds. The molecular formula is C14H26N4O. The molecule has 1 unspecified atom stereocenters. The van der Waals surface area contributed by atoms with Crippen molar-refractivity contribution in [3.05, 3.63) is 5.69 Å². The van der Waals surface area contributed by atoms with Gasteiger partial charge in [-0.15, -0.1) is 0 Å². The number of nitrogen functional groups attached to an aromatic ring is 1. The lowest BCUT2D eigenvalue weighted by Crippen LogP contribution is -2.31. The number of nitrogens with two attached hydrogens (primary N) is 1. The standard InChI is InChI=1S/C14H26N4O/c1-4-5-12-13(15)14(18(3)17-12)16-10(2)11-6-8-19-9-7-11/h10-11,16H,4-9,15H2,1-3H3. The summed E-state index contributed by atoms with van der Waals surface area (Å²) in [5, 5.41) is 8.05. The fraction of sp³-hybridized carbons (Fsp3) is 0.786. The second kappa shape index (κ2) is 6.28. The van der Waals surface area contributed by atoms with Gasteiger partial charge < -0.3 is 15.8 Å². The Morgan fingerprint density at radius 2 is 2.16 bits per heavy atom. The van der Waals surface area contributed by atoms with Crippen LogP contribution in [-0.2, 0) is 18.2 Å². The highest BCUT2D eigenvalue weighted by Gasteiger charge is 2.22. The Bertz CT molecular complexity index is 410. The molecule has 3 N–H and O–H groups in total. The van der Waals surface area contributed by atoms with Gasteiger partial charge in [0.05, 0.1) is 11.4 Å². The Labute approximate surface area is 115 Å². The van der Waals surface area contributed by atoms with Crippen LogP contribution in [0.3, 0.4) is 0 Å². The zero-order valence-corrected chi connectivity index (χ0v) is 12.3. The van der Waals surface area contributed by atoms with E-state index in [2.05, 4.69) is 24.3 Å². The minimum atomic E-state index is 0.399. The summed E-state index contributed by atoms with van der Waals surface area (Å²) in [6, 6.07) is 0.399. The Balaban J connectivity index is 2.05. The molecule has 2 heterocycles. The first kappa shape index (κ1) is 14.2. The maximum absolute atomic E-state index is 6.20. The van der Waals surface area contributed by atoms with Crippen LogP contribution in [0.2, 0.25) is 0 Å². The van der Waals surface area contributed by atoms with Crippen LogP contribution in [0.4, 0.5) is 11.5 Å². The van der Waals surface area contributed by atoms with E-state index in [9.17, 15) is 0 Å². The molecule has 5 nitrogen and oxygen atoms in total. The number of hydrogen-bond donors (Lipinski definition) is 2. The van der Waals surface area contributed by atoms with Crippen LogP contribution in [0.5, 0.6) is 0 Å². The second-order valence-corrected chi connectivity index (χ2v) is 5.47. The normalized spacial score (nSPS) is 18.5. The zero-order valence-electron chi connectivity index (χ0n) is 12.3. The van der Waals surface area contributed by atoms with Crippen molar-refractivity contribution in [2.45, 2.75) is 45.6 Å². The van der Waals surface area contributed by atoms with Crippen molar-refractivity contribution in [2.24, 2.45) is 13.0 Å². The molecule has 19 heavy (non-hydrogen) atoms. The van der Waals surface area contributed by atoms with Crippen molar-refractivity contribution in [3.8, 4) is 0 Å². The topological polar surface area (TPSA) is 65.1 Å². The molecule has 1 saturated heterocycles. The predicted octanol–water partition coefficient (Wildman–Crippen LogP) is 2.18. The molecule has 0 aliphatic carbocycles. The van der Waals surface area contributed by atoms with Gasteiger partial charge in [-0.05, 0) is 32.1 Å². The van der Waals surface area contributed by atoms with E-state index >= 15 is 0 Å². The van der Waals surface area contributed by atoms with E-state index in [1.54, 1.807) is 0 Å². The lowest BCUT2D eigenvalue weighted by atomic mass is 9.93. The van der Waals surface area contributed by atoms with Crippen LogP contribution in [0.25, 0.3) is 0 Å². The Morgan fingerprint density at radius 1 is 1.47 bits per heavy atom. The predicted molar refractivity (Wildman–Crippen MR) is 78.2 cm³/mol. The highest BCUT2D eigenvalue weighted by atomic mass is 16.5. The van der Waals surface area contributed by atoms with Crippen LogP contribution in [0, 0.1) is 5.92 Å². The second-order valence-electron chi connectivity index (χ2n) is 5.47. The van der Waals surface area contributed by atoms with Crippen molar-refractivity contribution < 1.29 is 4.74 Å². The van der Waals surface area contributed by atoms with Crippen molar-refractivity contribution in [3.63, 3.8) is 0 Å². The third-order valence-electron chi connectivity index (χ3n) is 3.98. The molecule has 2 rings (SSSR count). The molecule has 5 heteroatoms. The maximum Gasteiger partial charge on any atom is 0.147 e. The molecule has 1 fully saturated rings. The van der Waals surface area contributed by atoms with E-state index < -0.39 is 0 Å². The van der Waals surface area contributed by atoms with Gasteiger partial charge in [0.25, 0.3) is 0 Å². The Kier molecular flexibility index (Phi) is 4.69. The van der Waals surface area contributed by atoms with E-state index in [0.717, 1.165) is 56.1 Å². The van der Waals surface area contributed by atoms with Gasteiger partial charge >= 0.3 is 0 Å². The summed E-state index contributed by atoms with van der Waals surface area (Å²) in [7, 11) is 1.95. The minimum absolute atomic E-state index is 0.399.